The average molecular weight is 648 g/mol. The van der Waals surface area contributed by atoms with Gasteiger partial charge in [-0.05, 0) is 51.3 Å². The van der Waals surface area contributed by atoms with Gasteiger partial charge in [0.2, 0.25) is 11.7 Å². The maximum absolute atomic E-state index is 13.1. The highest BCUT2D eigenvalue weighted by atomic mass is 16.2. The fraction of sp³-hybridized carbons (Fsp3) is 0.355. The van der Waals surface area contributed by atoms with E-state index in [9.17, 15) is 24.0 Å². The molecule has 0 saturated carbocycles. The second kappa shape index (κ2) is 15.1. The van der Waals surface area contributed by atoms with Gasteiger partial charge < -0.3 is 49.8 Å². The second-order valence-electron chi connectivity index (χ2n) is 11.4. The number of nitrogens with zero attached hydrogens (tertiary/aromatic N) is 6. The van der Waals surface area contributed by atoms with Crippen LogP contribution in [0.3, 0.4) is 0 Å². The molecular weight excluding hydrogens is 606 g/mol. The van der Waals surface area contributed by atoms with Crippen LogP contribution in [-0.4, -0.2) is 91.4 Å². The topological polar surface area (TPSA) is 181 Å². The summed E-state index contributed by atoms with van der Waals surface area (Å²) < 4.78 is 6.28. The van der Waals surface area contributed by atoms with Gasteiger partial charge in [-0.15, -0.1) is 0 Å². The van der Waals surface area contributed by atoms with E-state index in [0.29, 0.717) is 29.3 Å². The van der Waals surface area contributed by atoms with Crippen LogP contribution >= 0.6 is 0 Å². The Hall–Kier alpha value is -5.64. The molecular formula is C31H41N11O5. The summed E-state index contributed by atoms with van der Waals surface area (Å²) in [6.45, 7) is 1.61. The lowest BCUT2D eigenvalue weighted by Gasteiger charge is -2.10. The first-order valence-corrected chi connectivity index (χ1v) is 14.9. The van der Waals surface area contributed by atoms with Gasteiger partial charge in [-0.2, -0.15) is 0 Å². The van der Waals surface area contributed by atoms with Gasteiger partial charge in [-0.25, -0.2) is 4.98 Å². The average Bonchev–Trinajstić information content (AvgIpc) is 3.77. The predicted octanol–water partition coefficient (Wildman–Crippen LogP) is 1.38. The first-order valence-electron chi connectivity index (χ1n) is 14.9. The molecule has 5 amide bonds. The number of aryl methyl sites for hydroxylation is 4. The number of imidazole rings is 1. The van der Waals surface area contributed by atoms with Crippen molar-refractivity contribution in [1.29, 1.82) is 0 Å². The fourth-order valence-electron chi connectivity index (χ4n) is 4.81. The summed E-state index contributed by atoms with van der Waals surface area (Å²) >= 11 is 0. The molecule has 4 rings (SSSR count). The largest absolute Gasteiger partial charge is 0.356 e. The predicted molar refractivity (Wildman–Crippen MR) is 176 cm³/mol. The fourth-order valence-corrected chi connectivity index (χ4v) is 4.81. The molecule has 5 N–H and O–H groups in total. The monoisotopic (exact) mass is 647 g/mol. The van der Waals surface area contributed by atoms with Crippen molar-refractivity contribution in [3.8, 4) is 0 Å². The molecule has 0 spiro atoms. The number of amides is 5. The van der Waals surface area contributed by atoms with Crippen molar-refractivity contribution in [2.45, 2.75) is 12.8 Å². The molecule has 0 saturated heterocycles. The van der Waals surface area contributed by atoms with E-state index in [1.54, 1.807) is 72.6 Å². The summed E-state index contributed by atoms with van der Waals surface area (Å²) in [6.07, 6.45) is 7.44. The number of rotatable bonds is 14. The van der Waals surface area contributed by atoms with Gasteiger partial charge in [-0.3, -0.25) is 24.0 Å². The molecule has 0 atom stereocenters. The number of hydrogen-bond acceptors (Lipinski definition) is 7. The first-order chi connectivity index (χ1) is 22.3. The Morgan fingerprint density at radius 1 is 0.702 bits per heavy atom. The molecule has 250 valence electrons. The molecule has 0 fully saturated rings. The summed E-state index contributed by atoms with van der Waals surface area (Å²) in [5.41, 5.74) is 1.83. The molecule has 4 heterocycles. The van der Waals surface area contributed by atoms with Crippen LogP contribution in [0.15, 0.2) is 49.1 Å². The lowest BCUT2D eigenvalue weighted by atomic mass is 10.3. The Morgan fingerprint density at radius 3 is 1.94 bits per heavy atom. The van der Waals surface area contributed by atoms with Crippen molar-refractivity contribution in [2.75, 3.05) is 49.7 Å². The van der Waals surface area contributed by atoms with Crippen LogP contribution in [0.5, 0.6) is 0 Å². The van der Waals surface area contributed by atoms with Gasteiger partial charge in [0.25, 0.3) is 23.6 Å². The minimum Gasteiger partial charge on any atom is -0.356 e. The van der Waals surface area contributed by atoms with Gasteiger partial charge >= 0.3 is 0 Å². The van der Waals surface area contributed by atoms with Gasteiger partial charge in [0.1, 0.15) is 17.1 Å². The minimum atomic E-state index is -0.555. The van der Waals surface area contributed by atoms with Crippen LogP contribution in [0.4, 0.5) is 17.2 Å². The summed E-state index contributed by atoms with van der Waals surface area (Å²) in [5.74, 6) is -1.72. The standard InChI is InChI=1S/C31H41N11O5/c1-38(2)13-8-11-32-26(43)10-12-33-28(44)23-15-21(18-40(23)4)35-31(47)27-36-25(19-42(27)6)37-30(46)24-16-20(17-41(24)5)34-29(45)22-9-7-14-39(22)3/h7,9,14-19H,8,10-13H2,1-6H3,(H,32,43)(H,33,44)(H,34,45)(H,35,47)(H,37,46). The molecule has 4 aromatic rings. The molecule has 0 bridgehead atoms. The Labute approximate surface area is 272 Å². The van der Waals surface area contributed by atoms with E-state index in [1.165, 1.54) is 22.9 Å². The quantitative estimate of drug-likeness (QED) is 0.128. The highest BCUT2D eigenvalue weighted by molar-refractivity contribution is 6.07. The number of carbonyl (C=O) groups excluding carboxylic acids is 5. The van der Waals surface area contributed by atoms with E-state index in [1.807, 2.05) is 19.0 Å². The smallest absolute Gasteiger partial charge is 0.291 e. The maximum atomic E-state index is 13.1. The third-order valence-corrected chi connectivity index (χ3v) is 7.23. The molecule has 0 aliphatic heterocycles. The van der Waals surface area contributed by atoms with E-state index < -0.39 is 17.7 Å². The number of aromatic nitrogens is 5. The van der Waals surface area contributed by atoms with Crippen molar-refractivity contribution in [3.63, 3.8) is 0 Å². The molecule has 16 nitrogen and oxygen atoms in total. The lowest BCUT2D eigenvalue weighted by molar-refractivity contribution is -0.120. The normalized spacial score (nSPS) is 11.0. The van der Waals surface area contributed by atoms with Crippen molar-refractivity contribution in [3.05, 3.63) is 72.0 Å². The molecule has 16 heteroatoms. The second-order valence-corrected chi connectivity index (χ2v) is 11.4. The molecule has 0 aliphatic carbocycles. The van der Waals surface area contributed by atoms with Crippen LogP contribution in [0.25, 0.3) is 0 Å². The van der Waals surface area contributed by atoms with Gasteiger partial charge in [0, 0.05) is 72.5 Å². The lowest BCUT2D eigenvalue weighted by Crippen LogP contribution is -2.32. The van der Waals surface area contributed by atoms with Crippen molar-refractivity contribution >= 4 is 46.7 Å². The van der Waals surface area contributed by atoms with Crippen LogP contribution in [0.2, 0.25) is 0 Å². The molecule has 0 aliphatic rings. The zero-order valence-corrected chi connectivity index (χ0v) is 27.4. The van der Waals surface area contributed by atoms with Crippen molar-refractivity contribution in [2.24, 2.45) is 28.2 Å². The van der Waals surface area contributed by atoms with E-state index in [2.05, 4.69) is 31.6 Å². The maximum Gasteiger partial charge on any atom is 0.291 e. The Bertz CT molecular complexity index is 1770. The first kappa shape index (κ1) is 34.2. The highest BCUT2D eigenvalue weighted by Crippen LogP contribution is 2.18. The van der Waals surface area contributed by atoms with Crippen LogP contribution < -0.4 is 26.6 Å². The highest BCUT2D eigenvalue weighted by Gasteiger charge is 2.20. The number of nitrogens with one attached hydrogen (secondary N) is 5. The number of carbonyl (C=O) groups is 5. The van der Waals surface area contributed by atoms with E-state index in [4.69, 9.17) is 0 Å². The van der Waals surface area contributed by atoms with Gasteiger partial charge in [0.05, 0.1) is 11.4 Å². The third-order valence-electron chi connectivity index (χ3n) is 7.23. The number of hydrogen-bond donors (Lipinski definition) is 5. The SMILES string of the molecule is CN(C)CCCNC(=O)CCNC(=O)c1cc(NC(=O)c2nc(NC(=O)c3cc(NC(=O)c4cccn4C)cn3C)cn2C)cn1C. The summed E-state index contributed by atoms with van der Waals surface area (Å²) in [7, 11) is 10.6. The zero-order chi connectivity index (χ0) is 34.2. The molecule has 4 aromatic heterocycles. The minimum absolute atomic E-state index is 0.0224. The van der Waals surface area contributed by atoms with Crippen molar-refractivity contribution < 1.29 is 24.0 Å². The zero-order valence-electron chi connectivity index (χ0n) is 27.4. The Morgan fingerprint density at radius 2 is 1.32 bits per heavy atom. The summed E-state index contributed by atoms with van der Waals surface area (Å²) in [5, 5.41) is 13.7. The van der Waals surface area contributed by atoms with Crippen molar-refractivity contribution in [1.82, 2.24) is 38.8 Å². The van der Waals surface area contributed by atoms with Crippen LogP contribution in [0, 0.1) is 0 Å². The Kier molecular flexibility index (Phi) is 11.0. The van der Waals surface area contributed by atoms with Gasteiger partial charge in [0.15, 0.2) is 5.82 Å². The molecule has 0 radical (unpaired) electrons. The van der Waals surface area contributed by atoms with E-state index in [-0.39, 0.29) is 42.1 Å². The van der Waals surface area contributed by atoms with Crippen LogP contribution in [-0.2, 0) is 33.0 Å². The summed E-state index contributed by atoms with van der Waals surface area (Å²) in [4.78, 5) is 69.7. The third kappa shape index (κ3) is 8.97. The number of anilines is 3. The Balaban J connectivity index is 1.30. The molecule has 47 heavy (non-hydrogen) atoms. The van der Waals surface area contributed by atoms with Crippen LogP contribution in [0.1, 0.15) is 54.9 Å². The van der Waals surface area contributed by atoms with E-state index >= 15 is 0 Å². The molecule has 0 aromatic carbocycles. The summed E-state index contributed by atoms with van der Waals surface area (Å²) in [6, 6.07) is 6.51. The molecule has 0 unspecified atom stereocenters. The van der Waals surface area contributed by atoms with Gasteiger partial charge in [-0.1, -0.05) is 0 Å². The van der Waals surface area contributed by atoms with E-state index in [0.717, 1.165) is 13.0 Å².